The molecule has 4 nitrogen and oxygen atoms in total. The number of hydrogen-bond acceptors (Lipinski definition) is 4. The van der Waals surface area contributed by atoms with Gasteiger partial charge in [-0.25, -0.2) is 0 Å². The molecule has 0 spiro atoms. The number of methoxy groups -OCH3 is 1. The van der Waals surface area contributed by atoms with Crippen LogP contribution < -0.4 is 4.74 Å². The highest BCUT2D eigenvalue weighted by Crippen LogP contribution is 2.18. The smallest absolute Gasteiger partial charge is 0.119 e. The zero-order chi connectivity index (χ0) is 15.7. The summed E-state index contributed by atoms with van der Waals surface area (Å²) in [6, 6.07) is 5.79. The molecule has 1 aromatic carbocycles. The van der Waals surface area contributed by atoms with E-state index in [4.69, 9.17) is 14.6 Å². The molecule has 116 valence electrons. The van der Waals surface area contributed by atoms with E-state index in [1.54, 1.807) is 7.11 Å². The SMILES string of the molecule is COc1ccc(C#CCO)c(CN(C)CCOC(C)C)c1. The molecular formula is C17H25NO3. The monoisotopic (exact) mass is 291 g/mol. The third-order valence-electron chi connectivity index (χ3n) is 2.98. The van der Waals surface area contributed by atoms with Crippen molar-refractivity contribution in [2.45, 2.75) is 26.5 Å². The van der Waals surface area contributed by atoms with Gasteiger partial charge >= 0.3 is 0 Å². The fourth-order valence-electron chi connectivity index (χ4n) is 1.90. The number of benzene rings is 1. The number of hydrogen-bond donors (Lipinski definition) is 1. The minimum absolute atomic E-state index is 0.135. The van der Waals surface area contributed by atoms with Crippen molar-refractivity contribution in [3.63, 3.8) is 0 Å². The Morgan fingerprint density at radius 2 is 2.10 bits per heavy atom. The first-order valence-electron chi connectivity index (χ1n) is 7.13. The molecule has 1 rings (SSSR count). The van der Waals surface area contributed by atoms with Crippen LogP contribution in [0.1, 0.15) is 25.0 Å². The molecule has 0 aliphatic carbocycles. The summed E-state index contributed by atoms with van der Waals surface area (Å²) in [5.74, 6) is 6.49. The summed E-state index contributed by atoms with van der Waals surface area (Å²) in [5.41, 5.74) is 2.00. The van der Waals surface area contributed by atoms with Gasteiger partial charge in [0.1, 0.15) is 12.4 Å². The first-order chi connectivity index (χ1) is 10.1. The molecule has 0 amide bonds. The quantitative estimate of drug-likeness (QED) is 0.779. The van der Waals surface area contributed by atoms with Gasteiger partial charge in [-0.1, -0.05) is 11.8 Å². The molecule has 0 aliphatic heterocycles. The maximum absolute atomic E-state index is 8.84. The predicted octanol–water partition coefficient (Wildman–Crippen LogP) is 1.90. The van der Waals surface area contributed by atoms with Crippen LogP contribution >= 0.6 is 0 Å². The van der Waals surface area contributed by atoms with Gasteiger partial charge in [-0.3, -0.25) is 4.90 Å². The minimum Gasteiger partial charge on any atom is -0.497 e. The molecule has 21 heavy (non-hydrogen) atoms. The van der Waals surface area contributed by atoms with Crippen molar-refractivity contribution in [2.75, 3.05) is 33.9 Å². The third-order valence-corrected chi connectivity index (χ3v) is 2.98. The highest BCUT2D eigenvalue weighted by molar-refractivity contribution is 5.45. The second-order valence-electron chi connectivity index (χ2n) is 5.14. The van der Waals surface area contributed by atoms with E-state index < -0.39 is 0 Å². The van der Waals surface area contributed by atoms with Gasteiger partial charge in [-0.15, -0.1) is 0 Å². The Kier molecular flexibility index (Phi) is 7.84. The number of aliphatic hydroxyl groups is 1. The summed E-state index contributed by atoms with van der Waals surface area (Å²) in [6.45, 7) is 6.24. The Morgan fingerprint density at radius 1 is 1.33 bits per heavy atom. The maximum Gasteiger partial charge on any atom is 0.119 e. The van der Waals surface area contributed by atoms with Crippen molar-refractivity contribution in [3.05, 3.63) is 29.3 Å². The van der Waals surface area contributed by atoms with Gasteiger partial charge in [0.15, 0.2) is 0 Å². The fourth-order valence-corrected chi connectivity index (χ4v) is 1.90. The largest absolute Gasteiger partial charge is 0.497 e. The summed E-state index contributed by atoms with van der Waals surface area (Å²) in [7, 11) is 3.70. The molecular weight excluding hydrogens is 266 g/mol. The average molecular weight is 291 g/mol. The van der Waals surface area contributed by atoms with Crippen LogP contribution in [0.2, 0.25) is 0 Å². The Morgan fingerprint density at radius 3 is 2.71 bits per heavy atom. The minimum atomic E-state index is -0.135. The molecule has 0 saturated carbocycles. The standard InChI is InChI=1S/C17H25NO3/c1-14(2)21-11-9-18(3)13-16-12-17(20-4)8-7-15(16)6-5-10-19/h7-8,12,14,19H,9-11,13H2,1-4H3. The Hall–Kier alpha value is -1.54. The van der Waals surface area contributed by atoms with Gasteiger partial charge in [0, 0.05) is 18.7 Å². The molecule has 0 fully saturated rings. The molecule has 0 unspecified atom stereocenters. The Bertz CT molecular complexity index is 489. The number of ether oxygens (including phenoxy) is 2. The molecule has 0 bridgehead atoms. The van der Waals surface area contributed by atoms with Crippen molar-refractivity contribution in [1.82, 2.24) is 4.90 Å². The van der Waals surface area contributed by atoms with Crippen LogP contribution in [0.15, 0.2) is 18.2 Å². The summed E-state index contributed by atoms with van der Waals surface area (Å²) >= 11 is 0. The fraction of sp³-hybridized carbons (Fsp3) is 0.529. The Balaban J connectivity index is 2.74. The van der Waals surface area contributed by atoms with E-state index in [1.165, 1.54) is 0 Å². The molecule has 1 N–H and O–H groups in total. The zero-order valence-electron chi connectivity index (χ0n) is 13.3. The number of likely N-dealkylation sites (N-methyl/N-ethyl adjacent to an activating group) is 1. The lowest BCUT2D eigenvalue weighted by atomic mass is 10.1. The number of nitrogens with zero attached hydrogens (tertiary/aromatic N) is 1. The van der Waals surface area contributed by atoms with Crippen molar-refractivity contribution in [1.29, 1.82) is 0 Å². The first-order valence-corrected chi connectivity index (χ1v) is 7.13. The van der Waals surface area contributed by atoms with E-state index >= 15 is 0 Å². The van der Waals surface area contributed by atoms with E-state index in [9.17, 15) is 0 Å². The van der Waals surface area contributed by atoms with E-state index in [0.29, 0.717) is 6.61 Å². The van der Waals surface area contributed by atoms with Gasteiger partial charge in [0.2, 0.25) is 0 Å². The molecule has 0 heterocycles. The van der Waals surface area contributed by atoms with Crippen LogP contribution in [0.4, 0.5) is 0 Å². The predicted molar refractivity (Wildman–Crippen MR) is 84.4 cm³/mol. The normalized spacial score (nSPS) is 10.6. The summed E-state index contributed by atoms with van der Waals surface area (Å²) in [5, 5.41) is 8.84. The zero-order valence-corrected chi connectivity index (χ0v) is 13.3. The van der Waals surface area contributed by atoms with Crippen LogP contribution in [0.5, 0.6) is 5.75 Å². The summed E-state index contributed by atoms with van der Waals surface area (Å²) in [4.78, 5) is 2.18. The summed E-state index contributed by atoms with van der Waals surface area (Å²) in [6.07, 6.45) is 0.251. The van der Waals surface area contributed by atoms with Crippen LogP contribution in [0.3, 0.4) is 0 Å². The van der Waals surface area contributed by atoms with Gasteiger partial charge in [0.25, 0.3) is 0 Å². The van der Waals surface area contributed by atoms with E-state index in [1.807, 2.05) is 39.1 Å². The summed E-state index contributed by atoms with van der Waals surface area (Å²) < 4.78 is 10.8. The third kappa shape index (κ3) is 6.63. The molecule has 0 aliphatic rings. The lowest BCUT2D eigenvalue weighted by molar-refractivity contribution is 0.0627. The number of aliphatic hydroxyl groups excluding tert-OH is 1. The molecule has 0 atom stereocenters. The van der Waals surface area contributed by atoms with Gasteiger partial charge in [-0.05, 0) is 44.7 Å². The van der Waals surface area contributed by atoms with Crippen LogP contribution in [0.25, 0.3) is 0 Å². The van der Waals surface area contributed by atoms with Crippen LogP contribution in [-0.4, -0.2) is 50.0 Å². The van der Waals surface area contributed by atoms with Crippen LogP contribution in [-0.2, 0) is 11.3 Å². The highest BCUT2D eigenvalue weighted by Gasteiger charge is 2.07. The van der Waals surface area contributed by atoms with E-state index in [2.05, 4.69) is 16.7 Å². The van der Waals surface area contributed by atoms with Gasteiger partial charge in [-0.2, -0.15) is 0 Å². The lowest BCUT2D eigenvalue weighted by Gasteiger charge is -2.19. The molecule has 0 radical (unpaired) electrons. The first kappa shape index (κ1) is 17.5. The molecule has 0 aromatic heterocycles. The Labute approximate surface area is 127 Å². The second-order valence-corrected chi connectivity index (χ2v) is 5.14. The lowest BCUT2D eigenvalue weighted by Crippen LogP contribution is -2.24. The maximum atomic E-state index is 8.84. The molecule has 0 saturated heterocycles. The van der Waals surface area contributed by atoms with Crippen LogP contribution in [0, 0.1) is 11.8 Å². The van der Waals surface area contributed by atoms with E-state index in [-0.39, 0.29) is 12.7 Å². The van der Waals surface area contributed by atoms with Crippen molar-refractivity contribution in [2.24, 2.45) is 0 Å². The van der Waals surface area contributed by atoms with Crippen molar-refractivity contribution < 1.29 is 14.6 Å². The van der Waals surface area contributed by atoms with Gasteiger partial charge in [0.05, 0.1) is 19.8 Å². The molecule has 4 heteroatoms. The number of rotatable bonds is 7. The average Bonchev–Trinajstić information content (AvgIpc) is 2.45. The topological polar surface area (TPSA) is 41.9 Å². The van der Waals surface area contributed by atoms with E-state index in [0.717, 1.165) is 30.0 Å². The van der Waals surface area contributed by atoms with Crippen molar-refractivity contribution in [3.8, 4) is 17.6 Å². The van der Waals surface area contributed by atoms with Gasteiger partial charge < -0.3 is 14.6 Å². The molecule has 1 aromatic rings. The van der Waals surface area contributed by atoms with Crippen molar-refractivity contribution >= 4 is 0 Å². The highest BCUT2D eigenvalue weighted by atomic mass is 16.5. The second kappa shape index (κ2) is 9.41.